The van der Waals surface area contributed by atoms with Gasteiger partial charge in [-0.3, -0.25) is 0 Å². The van der Waals surface area contributed by atoms with E-state index in [4.69, 9.17) is 17.0 Å². The number of H-pyrrole nitrogens is 1. The fraction of sp³-hybridized carbons (Fsp3) is 0.167. The summed E-state index contributed by atoms with van der Waals surface area (Å²) >= 11 is 5.30. The predicted octanol–water partition coefficient (Wildman–Crippen LogP) is 4.20. The van der Waals surface area contributed by atoms with E-state index in [-0.39, 0.29) is 0 Å². The van der Waals surface area contributed by atoms with Crippen LogP contribution in [-0.4, -0.2) is 27.7 Å². The van der Waals surface area contributed by atoms with Gasteiger partial charge in [0.25, 0.3) is 0 Å². The van der Waals surface area contributed by atoms with Crippen LogP contribution in [0.25, 0.3) is 11.4 Å². The second-order valence-corrected chi connectivity index (χ2v) is 5.63. The zero-order valence-corrected chi connectivity index (χ0v) is 14.4. The molecule has 0 saturated heterocycles. The van der Waals surface area contributed by atoms with Gasteiger partial charge in [-0.2, -0.15) is 14.9 Å². The van der Waals surface area contributed by atoms with E-state index in [0.29, 0.717) is 17.2 Å². The third-order valence-electron chi connectivity index (χ3n) is 3.49. The SMILES string of the molecule is CCOc1ccccc1C=Nn1c(-c2ccc(C)cc2)n[nH]c1=S. The number of hydrogen-bond donors (Lipinski definition) is 1. The van der Waals surface area contributed by atoms with Crippen molar-refractivity contribution in [2.75, 3.05) is 6.61 Å². The first kappa shape index (κ1) is 16.1. The third kappa shape index (κ3) is 3.44. The molecule has 0 bridgehead atoms. The standard InChI is InChI=1S/C18H18N4OS/c1-3-23-16-7-5-4-6-15(16)12-19-22-17(20-21-18(22)24)14-10-8-13(2)9-11-14/h4-12H,3H2,1-2H3,(H,21,24). The minimum Gasteiger partial charge on any atom is -0.493 e. The molecule has 0 aliphatic rings. The average Bonchev–Trinajstić information content (AvgIpc) is 2.96. The van der Waals surface area contributed by atoms with E-state index >= 15 is 0 Å². The smallest absolute Gasteiger partial charge is 0.216 e. The van der Waals surface area contributed by atoms with Crippen molar-refractivity contribution in [1.82, 2.24) is 14.9 Å². The summed E-state index contributed by atoms with van der Waals surface area (Å²) in [5.74, 6) is 1.46. The highest BCUT2D eigenvalue weighted by Crippen LogP contribution is 2.19. The van der Waals surface area contributed by atoms with Crippen molar-refractivity contribution in [3.8, 4) is 17.1 Å². The summed E-state index contributed by atoms with van der Waals surface area (Å²) in [5.41, 5.74) is 3.02. The molecule has 0 amide bonds. The highest BCUT2D eigenvalue weighted by atomic mass is 32.1. The Bertz CT molecular complexity index is 909. The summed E-state index contributed by atoms with van der Waals surface area (Å²) in [6.07, 6.45) is 1.73. The second kappa shape index (κ2) is 7.23. The summed E-state index contributed by atoms with van der Waals surface area (Å²) in [5, 5.41) is 11.6. The maximum absolute atomic E-state index is 5.62. The Morgan fingerprint density at radius 2 is 1.96 bits per heavy atom. The van der Waals surface area contributed by atoms with E-state index in [1.54, 1.807) is 10.9 Å². The Morgan fingerprint density at radius 3 is 2.71 bits per heavy atom. The van der Waals surface area contributed by atoms with Gasteiger partial charge in [0.2, 0.25) is 4.77 Å². The van der Waals surface area contributed by atoms with Crippen LogP contribution < -0.4 is 4.74 Å². The number of aromatic nitrogens is 3. The number of nitrogens with zero attached hydrogens (tertiary/aromatic N) is 3. The Balaban J connectivity index is 1.98. The molecular formula is C18H18N4OS. The summed E-state index contributed by atoms with van der Waals surface area (Å²) in [6.45, 7) is 4.60. The van der Waals surface area contributed by atoms with Gasteiger partial charge in [0.15, 0.2) is 5.82 Å². The molecule has 0 saturated carbocycles. The molecule has 0 spiro atoms. The zero-order valence-electron chi connectivity index (χ0n) is 13.6. The van der Waals surface area contributed by atoms with Crippen LogP contribution >= 0.6 is 12.2 Å². The van der Waals surface area contributed by atoms with E-state index in [9.17, 15) is 0 Å². The topological polar surface area (TPSA) is 55.2 Å². The molecule has 6 heteroatoms. The molecule has 1 aromatic heterocycles. The first-order valence-electron chi connectivity index (χ1n) is 7.69. The quantitative estimate of drug-likeness (QED) is 0.560. The molecule has 5 nitrogen and oxygen atoms in total. The molecule has 2 aromatic carbocycles. The van der Waals surface area contributed by atoms with Crippen LogP contribution in [0.2, 0.25) is 0 Å². The molecule has 0 aliphatic carbocycles. The van der Waals surface area contributed by atoms with Gasteiger partial charge < -0.3 is 4.74 Å². The van der Waals surface area contributed by atoms with E-state index in [1.165, 1.54) is 5.56 Å². The summed E-state index contributed by atoms with van der Waals surface area (Å²) in [4.78, 5) is 0. The number of aromatic amines is 1. The van der Waals surface area contributed by atoms with Crippen LogP contribution in [0, 0.1) is 11.7 Å². The van der Waals surface area contributed by atoms with Gasteiger partial charge in [-0.05, 0) is 38.2 Å². The predicted molar refractivity (Wildman–Crippen MR) is 98.2 cm³/mol. The number of rotatable bonds is 5. The number of aryl methyl sites for hydroxylation is 1. The molecule has 3 rings (SSSR count). The highest BCUT2D eigenvalue weighted by molar-refractivity contribution is 7.71. The molecule has 1 heterocycles. The van der Waals surface area contributed by atoms with Crippen molar-refractivity contribution in [2.45, 2.75) is 13.8 Å². The molecule has 0 radical (unpaired) electrons. The molecule has 0 aliphatic heterocycles. The van der Waals surface area contributed by atoms with Crippen molar-refractivity contribution in [1.29, 1.82) is 0 Å². The lowest BCUT2D eigenvalue weighted by Gasteiger charge is -2.06. The molecule has 24 heavy (non-hydrogen) atoms. The van der Waals surface area contributed by atoms with Crippen LogP contribution in [0.4, 0.5) is 0 Å². The molecule has 0 atom stereocenters. The van der Waals surface area contributed by atoms with E-state index < -0.39 is 0 Å². The average molecular weight is 338 g/mol. The molecule has 1 N–H and O–H groups in total. The van der Waals surface area contributed by atoms with Crippen molar-refractivity contribution in [2.24, 2.45) is 5.10 Å². The van der Waals surface area contributed by atoms with Gasteiger partial charge >= 0.3 is 0 Å². The molecule has 0 unspecified atom stereocenters. The van der Waals surface area contributed by atoms with Crippen molar-refractivity contribution in [3.63, 3.8) is 0 Å². The number of para-hydroxylation sites is 1. The van der Waals surface area contributed by atoms with Gasteiger partial charge in [-0.15, -0.1) is 0 Å². The Morgan fingerprint density at radius 1 is 1.21 bits per heavy atom. The molecule has 3 aromatic rings. The first-order chi connectivity index (χ1) is 11.7. The van der Waals surface area contributed by atoms with Gasteiger partial charge in [0.1, 0.15) is 5.75 Å². The van der Waals surface area contributed by atoms with Gasteiger partial charge in [-0.25, -0.2) is 5.10 Å². The first-order valence-corrected chi connectivity index (χ1v) is 8.10. The van der Waals surface area contributed by atoms with Crippen LogP contribution in [0.5, 0.6) is 5.75 Å². The van der Waals surface area contributed by atoms with Crippen molar-refractivity contribution in [3.05, 3.63) is 64.4 Å². The summed E-state index contributed by atoms with van der Waals surface area (Å²) < 4.78 is 7.67. The largest absolute Gasteiger partial charge is 0.493 e. The maximum atomic E-state index is 5.62. The fourth-order valence-electron chi connectivity index (χ4n) is 2.28. The van der Waals surface area contributed by atoms with Gasteiger partial charge in [0.05, 0.1) is 12.8 Å². The zero-order chi connectivity index (χ0) is 16.9. The monoisotopic (exact) mass is 338 g/mol. The lowest BCUT2D eigenvalue weighted by molar-refractivity contribution is 0.340. The number of nitrogens with one attached hydrogen (secondary N) is 1. The number of benzene rings is 2. The number of hydrogen-bond acceptors (Lipinski definition) is 4. The normalized spacial score (nSPS) is 11.1. The number of ether oxygens (including phenoxy) is 1. The minimum absolute atomic E-state index is 0.440. The lowest BCUT2D eigenvalue weighted by atomic mass is 10.1. The van der Waals surface area contributed by atoms with Crippen LogP contribution in [0.3, 0.4) is 0 Å². The molecular weight excluding hydrogens is 320 g/mol. The van der Waals surface area contributed by atoms with Crippen molar-refractivity contribution >= 4 is 18.4 Å². The molecule has 122 valence electrons. The Kier molecular flexibility index (Phi) is 4.86. The van der Waals surface area contributed by atoms with Crippen LogP contribution in [0.1, 0.15) is 18.1 Å². The second-order valence-electron chi connectivity index (χ2n) is 5.25. The molecule has 0 fully saturated rings. The lowest BCUT2D eigenvalue weighted by Crippen LogP contribution is -1.98. The van der Waals surface area contributed by atoms with Gasteiger partial charge in [0, 0.05) is 11.1 Å². The Hall–Kier alpha value is -2.73. The van der Waals surface area contributed by atoms with Crippen LogP contribution in [0.15, 0.2) is 53.6 Å². The minimum atomic E-state index is 0.440. The maximum Gasteiger partial charge on any atom is 0.216 e. The van der Waals surface area contributed by atoms with E-state index in [0.717, 1.165) is 16.9 Å². The van der Waals surface area contributed by atoms with Crippen molar-refractivity contribution < 1.29 is 4.74 Å². The van der Waals surface area contributed by atoms with Crippen LogP contribution in [-0.2, 0) is 0 Å². The highest BCUT2D eigenvalue weighted by Gasteiger charge is 2.08. The van der Waals surface area contributed by atoms with E-state index in [1.807, 2.05) is 62.4 Å². The summed E-state index contributed by atoms with van der Waals surface area (Å²) in [6, 6.07) is 15.8. The third-order valence-corrected chi connectivity index (χ3v) is 3.76. The van der Waals surface area contributed by atoms with Gasteiger partial charge in [-0.1, -0.05) is 42.0 Å². The Labute approximate surface area is 145 Å². The summed E-state index contributed by atoms with van der Waals surface area (Å²) in [7, 11) is 0. The fourth-order valence-corrected chi connectivity index (χ4v) is 2.46. The van der Waals surface area contributed by atoms with E-state index in [2.05, 4.69) is 15.3 Å².